The van der Waals surface area contributed by atoms with Crippen LogP contribution in [0.3, 0.4) is 0 Å². The van der Waals surface area contributed by atoms with Gasteiger partial charge >= 0.3 is 0 Å². The first-order valence-electron chi connectivity index (χ1n) is 7.21. The smallest absolute Gasteiger partial charge is 0.231 e. The number of nitrogen functional groups attached to an aromatic ring is 1. The molecule has 0 saturated carbocycles. The van der Waals surface area contributed by atoms with Crippen LogP contribution in [0.2, 0.25) is 0 Å². The van der Waals surface area contributed by atoms with E-state index in [0.29, 0.717) is 17.9 Å². The van der Waals surface area contributed by atoms with Gasteiger partial charge < -0.3 is 16.0 Å². The van der Waals surface area contributed by atoms with Gasteiger partial charge in [0.15, 0.2) is 0 Å². The summed E-state index contributed by atoms with van der Waals surface area (Å²) < 4.78 is 0. The molecule has 0 fully saturated rings. The van der Waals surface area contributed by atoms with Gasteiger partial charge in [-0.15, -0.1) is 0 Å². The van der Waals surface area contributed by atoms with Crippen LogP contribution in [-0.2, 0) is 0 Å². The molecule has 6 nitrogen and oxygen atoms in total. The van der Waals surface area contributed by atoms with Crippen molar-refractivity contribution in [2.24, 2.45) is 0 Å². The molecule has 7 heteroatoms. The first kappa shape index (κ1) is 16.8. The molecule has 1 aromatic rings. The summed E-state index contributed by atoms with van der Waals surface area (Å²) in [6.07, 6.45) is 1.07. The fourth-order valence-electron chi connectivity index (χ4n) is 1.79. The van der Waals surface area contributed by atoms with Crippen LogP contribution in [-0.4, -0.2) is 45.6 Å². The van der Waals surface area contributed by atoms with Crippen LogP contribution in [0, 0.1) is 0 Å². The highest BCUT2D eigenvalue weighted by molar-refractivity contribution is 7.99. The molecule has 0 amide bonds. The van der Waals surface area contributed by atoms with Crippen LogP contribution in [0.4, 0.5) is 17.8 Å². The predicted molar refractivity (Wildman–Crippen MR) is 88.5 cm³/mol. The summed E-state index contributed by atoms with van der Waals surface area (Å²) in [6.45, 7) is 10.1. The summed E-state index contributed by atoms with van der Waals surface area (Å²) in [5, 5.41) is 3.30. The Hall–Kier alpha value is -1.24. The number of aromatic nitrogens is 3. The Kier molecular flexibility index (Phi) is 7.43. The maximum Gasteiger partial charge on any atom is 0.231 e. The molecule has 0 saturated heterocycles. The normalized spacial score (nSPS) is 12.2. The van der Waals surface area contributed by atoms with Gasteiger partial charge in [-0.05, 0) is 38.7 Å². The number of thioether (sulfide) groups is 1. The minimum absolute atomic E-state index is 0.263. The molecule has 114 valence electrons. The highest BCUT2D eigenvalue weighted by Gasteiger charge is 2.11. The molecule has 1 heterocycles. The molecule has 0 aliphatic carbocycles. The van der Waals surface area contributed by atoms with Crippen LogP contribution in [0.5, 0.6) is 0 Å². The molecule has 1 aromatic heterocycles. The number of nitrogens with zero attached hydrogens (tertiary/aromatic N) is 4. The number of nitrogens with two attached hydrogens (primary N) is 1. The number of anilines is 3. The third-order valence-corrected chi connectivity index (χ3v) is 3.89. The van der Waals surface area contributed by atoms with Crippen LogP contribution in [0.25, 0.3) is 0 Å². The van der Waals surface area contributed by atoms with E-state index in [1.54, 1.807) is 0 Å². The maximum atomic E-state index is 5.77. The minimum Gasteiger partial charge on any atom is -0.368 e. The minimum atomic E-state index is 0.263. The van der Waals surface area contributed by atoms with Crippen LogP contribution in [0.15, 0.2) is 0 Å². The van der Waals surface area contributed by atoms with Gasteiger partial charge in [0.1, 0.15) is 0 Å². The SMILES string of the molecule is CCSCCC(C)Nc1nc(N)nc(N(CC)CC)n1. The standard InChI is InChI=1S/C13H26N6S/c1-5-19(6-2)13-17-11(14)16-12(18-13)15-10(4)8-9-20-7-3/h10H,5-9H2,1-4H3,(H3,14,15,16,17,18). The van der Waals surface area contributed by atoms with Crippen molar-refractivity contribution in [2.45, 2.75) is 40.2 Å². The molecule has 0 spiro atoms. The number of hydrogen-bond donors (Lipinski definition) is 2. The summed E-state index contributed by atoms with van der Waals surface area (Å²) in [7, 11) is 0. The molecule has 0 aromatic carbocycles. The monoisotopic (exact) mass is 298 g/mol. The Bertz CT molecular complexity index is 396. The lowest BCUT2D eigenvalue weighted by Crippen LogP contribution is -2.26. The van der Waals surface area contributed by atoms with E-state index in [-0.39, 0.29) is 5.95 Å². The average molecular weight is 298 g/mol. The van der Waals surface area contributed by atoms with E-state index in [1.807, 2.05) is 11.8 Å². The first-order chi connectivity index (χ1) is 9.60. The number of hydrogen-bond acceptors (Lipinski definition) is 7. The highest BCUT2D eigenvalue weighted by atomic mass is 32.2. The van der Waals surface area contributed by atoms with Gasteiger partial charge in [-0.1, -0.05) is 6.92 Å². The molecule has 0 bridgehead atoms. The fourth-order valence-corrected chi connectivity index (χ4v) is 2.60. The van der Waals surface area contributed by atoms with E-state index in [4.69, 9.17) is 5.73 Å². The van der Waals surface area contributed by atoms with Gasteiger partial charge in [-0.3, -0.25) is 0 Å². The molecule has 3 N–H and O–H groups in total. The second-order valence-corrected chi connectivity index (χ2v) is 5.91. The molecule has 0 aliphatic heterocycles. The van der Waals surface area contributed by atoms with Crippen LogP contribution < -0.4 is 16.0 Å². The second kappa shape index (κ2) is 8.84. The fraction of sp³-hybridized carbons (Fsp3) is 0.769. The molecule has 0 aliphatic rings. The van der Waals surface area contributed by atoms with Crippen molar-refractivity contribution >= 4 is 29.6 Å². The van der Waals surface area contributed by atoms with Crippen molar-refractivity contribution in [1.29, 1.82) is 0 Å². The molecule has 1 unspecified atom stereocenters. The third-order valence-electron chi connectivity index (χ3n) is 2.96. The zero-order valence-corrected chi connectivity index (χ0v) is 13.7. The summed E-state index contributed by atoms with van der Waals surface area (Å²) in [5.41, 5.74) is 5.77. The van der Waals surface area contributed by atoms with Crippen molar-refractivity contribution in [1.82, 2.24) is 15.0 Å². The quantitative estimate of drug-likeness (QED) is 0.677. The van der Waals surface area contributed by atoms with E-state index in [0.717, 1.165) is 31.0 Å². The van der Waals surface area contributed by atoms with Gasteiger partial charge in [0.05, 0.1) is 0 Å². The van der Waals surface area contributed by atoms with Gasteiger partial charge in [0.25, 0.3) is 0 Å². The van der Waals surface area contributed by atoms with E-state index >= 15 is 0 Å². The first-order valence-corrected chi connectivity index (χ1v) is 8.36. The van der Waals surface area contributed by atoms with E-state index in [2.05, 4.69) is 52.9 Å². The predicted octanol–water partition coefficient (Wildman–Crippen LogP) is 2.24. The Morgan fingerprint density at radius 1 is 1.20 bits per heavy atom. The van der Waals surface area contributed by atoms with Gasteiger partial charge in [0, 0.05) is 19.1 Å². The van der Waals surface area contributed by atoms with Crippen molar-refractivity contribution in [3.05, 3.63) is 0 Å². The largest absolute Gasteiger partial charge is 0.368 e. The Labute approximate surface area is 126 Å². The Morgan fingerprint density at radius 2 is 1.90 bits per heavy atom. The molecule has 1 rings (SSSR count). The Morgan fingerprint density at radius 3 is 2.50 bits per heavy atom. The summed E-state index contributed by atoms with van der Waals surface area (Å²) in [5.74, 6) is 3.75. The van der Waals surface area contributed by atoms with Crippen molar-refractivity contribution in [3.63, 3.8) is 0 Å². The maximum absolute atomic E-state index is 5.77. The lowest BCUT2D eigenvalue weighted by Gasteiger charge is -2.20. The molecular formula is C13H26N6S. The van der Waals surface area contributed by atoms with E-state index in [9.17, 15) is 0 Å². The topological polar surface area (TPSA) is 80.0 Å². The van der Waals surface area contributed by atoms with Gasteiger partial charge in [-0.25, -0.2) is 0 Å². The Balaban J connectivity index is 2.70. The molecule has 1 atom stereocenters. The zero-order valence-electron chi connectivity index (χ0n) is 12.9. The molecule has 0 radical (unpaired) electrons. The lowest BCUT2D eigenvalue weighted by molar-refractivity contribution is 0.752. The van der Waals surface area contributed by atoms with Crippen LogP contribution >= 0.6 is 11.8 Å². The average Bonchev–Trinajstić information content (AvgIpc) is 2.39. The zero-order chi connectivity index (χ0) is 15.0. The van der Waals surface area contributed by atoms with E-state index in [1.165, 1.54) is 0 Å². The van der Waals surface area contributed by atoms with Crippen molar-refractivity contribution in [2.75, 3.05) is 40.5 Å². The van der Waals surface area contributed by atoms with Gasteiger partial charge in [0.2, 0.25) is 17.8 Å². The van der Waals surface area contributed by atoms with Gasteiger partial charge in [-0.2, -0.15) is 26.7 Å². The second-order valence-electron chi connectivity index (χ2n) is 4.52. The summed E-state index contributed by atoms with van der Waals surface area (Å²) in [4.78, 5) is 14.9. The summed E-state index contributed by atoms with van der Waals surface area (Å²) >= 11 is 1.94. The molecule has 20 heavy (non-hydrogen) atoms. The van der Waals surface area contributed by atoms with Crippen molar-refractivity contribution in [3.8, 4) is 0 Å². The summed E-state index contributed by atoms with van der Waals surface area (Å²) in [6, 6.07) is 0.320. The van der Waals surface area contributed by atoms with Crippen LogP contribution in [0.1, 0.15) is 34.1 Å². The number of nitrogens with one attached hydrogen (secondary N) is 1. The highest BCUT2D eigenvalue weighted by Crippen LogP contribution is 2.13. The third kappa shape index (κ3) is 5.40. The molecular weight excluding hydrogens is 272 g/mol. The van der Waals surface area contributed by atoms with Crippen molar-refractivity contribution < 1.29 is 0 Å². The lowest BCUT2D eigenvalue weighted by atomic mass is 10.3. The number of rotatable bonds is 9. The van der Waals surface area contributed by atoms with E-state index < -0.39 is 0 Å².